The molecule has 0 aromatic carbocycles. The highest BCUT2D eigenvalue weighted by Crippen LogP contribution is 2.27. The molecule has 2 N–H and O–H groups in total. The fourth-order valence-corrected chi connectivity index (χ4v) is 2.36. The third kappa shape index (κ3) is 3.16. The van der Waals surface area contributed by atoms with E-state index in [0.717, 1.165) is 12.5 Å². The summed E-state index contributed by atoms with van der Waals surface area (Å²) in [6.45, 7) is 5.49. The van der Waals surface area contributed by atoms with E-state index < -0.39 is 0 Å². The first kappa shape index (κ1) is 12.9. The van der Waals surface area contributed by atoms with E-state index >= 15 is 0 Å². The van der Waals surface area contributed by atoms with Crippen LogP contribution in [0.2, 0.25) is 0 Å². The SMILES string of the molecule is CNC1CCCC1CN(C)C(C)(C)CO. The van der Waals surface area contributed by atoms with Gasteiger partial charge in [-0.25, -0.2) is 0 Å². The van der Waals surface area contributed by atoms with Gasteiger partial charge in [0.1, 0.15) is 0 Å². The predicted molar refractivity (Wildman–Crippen MR) is 64.0 cm³/mol. The van der Waals surface area contributed by atoms with Crippen molar-refractivity contribution < 1.29 is 5.11 Å². The summed E-state index contributed by atoms with van der Waals surface area (Å²) in [5, 5.41) is 12.7. The summed E-state index contributed by atoms with van der Waals surface area (Å²) in [6.07, 6.45) is 3.95. The number of hydrogen-bond donors (Lipinski definition) is 2. The maximum Gasteiger partial charge on any atom is 0.0609 e. The lowest BCUT2D eigenvalue weighted by Gasteiger charge is -2.36. The highest BCUT2D eigenvalue weighted by atomic mass is 16.3. The molecule has 2 atom stereocenters. The Morgan fingerprint density at radius 2 is 2.07 bits per heavy atom. The van der Waals surface area contributed by atoms with E-state index in [1.165, 1.54) is 19.3 Å². The molecule has 1 rings (SSSR count). The zero-order chi connectivity index (χ0) is 11.5. The third-order valence-electron chi connectivity index (χ3n) is 3.96. The maximum absolute atomic E-state index is 9.30. The van der Waals surface area contributed by atoms with Crippen LogP contribution in [0.15, 0.2) is 0 Å². The highest BCUT2D eigenvalue weighted by molar-refractivity contribution is 4.87. The van der Waals surface area contributed by atoms with Crippen LogP contribution in [0, 0.1) is 5.92 Å². The average Bonchev–Trinajstić information content (AvgIpc) is 2.65. The lowest BCUT2D eigenvalue weighted by atomic mass is 9.98. The molecule has 15 heavy (non-hydrogen) atoms. The minimum absolute atomic E-state index is 0.0963. The van der Waals surface area contributed by atoms with Crippen LogP contribution in [0.5, 0.6) is 0 Å². The number of nitrogens with zero attached hydrogens (tertiary/aromatic N) is 1. The molecule has 0 aromatic heterocycles. The molecule has 0 heterocycles. The van der Waals surface area contributed by atoms with Crippen molar-refractivity contribution in [3.05, 3.63) is 0 Å². The maximum atomic E-state index is 9.30. The topological polar surface area (TPSA) is 35.5 Å². The van der Waals surface area contributed by atoms with E-state index in [0.29, 0.717) is 6.04 Å². The smallest absolute Gasteiger partial charge is 0.0609 e. The van der Waals surface area contributed by atoms with E-state index in [-0.39, 0.29) is 12.1 Å². The van der Waals surface area contributed by atoms with Crippen molar-refractivity contribution in [2.24, 2.45) is 5.92 Å². The van der Waals surface area contributed by atoms with Crippen LogP contribution in [0.25, 0.3) is 0 Å². The fraction of sp³-hybridized carbons (Fsp3) is 1.00. The van der Waals surface area contributed by atoms with Gasteiger partial charge in [-0.05, 0) is 46.7 Å². The molecule has 0 aliphatic heterocycles. The summed E-state index contributed by atoms with van der Waals surface area (Å²) in [6, 6.07) is 0.668. The van der Waals surface area contributed by atoms with Crippen LogP contribution in [-0.2, 0) is 0 Å². The Morgan fingerprint density at radius 3 is 2.60 bits per heavy atom. The Bertz CT molecular complexity index is 194. The van der Waals surface area contributed by atoms with Gasteiger partial charge >= 0.3 is 0 Å². The van der Waals surface area contributed by atoms with Gasteiger partial charge in [-0.15, -0.1) is 0 Å². The average molecular weight is 214 g/mol. The molecular formula is C12H26N2O. The number of rotatable bonds is 5. The lowest BCUT2D eigenvalue weighted by molar-refractivity contribution is 0.0638. The molecule has 3 heteroatoms. The molecule has 1 saturated carbocycles. The molecule has 0 radical (unpaired) electrons. The molecule has 0 bridgehead atoms. The summed E-state index contributed by atoms with van der Waals surface area (Å²) in [4.78, 5) is 2.29. The van der Waals surface area contributed by atoms with Gasteiger partial charge in [-0.1, -0.05) is 6.42 Å². The summed E-state index contributed by atoms with van der Waals surface area (Å²) in [7, 11) is 4.17. The van der Waals surface area contributed by atoms with E-state index in [4.69, 9.17) is 0 Å². The Labute approximate surface area is 93.9 Å². The van der Waals surface area contributed by atoms with Gasteiger partial charge in [0.2, 0.25) is 0 Å². The molecule has 3 nitrogen and oxygen atoms in total. The summed E-state index contributed by atoms with van der Waals surface area (Å²) < 4.78 is 0. The second-order valence-electron chi connectivity index (χ2n) is 5.44. The summed E-state index contributed by atoms with van der Waals surface area (Å²) in [5.74, 6) is 0.742. The molecule has 1 fully saturated rings. The standard InChI is InChI=1S/C12H26N2O/c1-12(2,9-15)14(4)8-10-6-5-7-11(10)13-3/h10-11,13,15H,5-9H2,1-4H3. The first-order chi connectivity index (χ1) is 7.01. The van der Waals surface area contributed by atoms with E-state index in [1.807, 2.05) is 0 Å². The van der Waals surface area contributed by atoms with Crippen LogP contribution < -0.4 is 5.32 Å². The normalized spacial score (nSPS) is 27.6. The molecule has 90 valence electrons. The zero-order valence-corrected chi connectivity index (χ0v) is 10.6. The van der Waals surface area contributed by atoms with Crippen molar-refractivity contribution >= 4 is 0 Å². The molecule has 0 saturated heterocycles. The van der Waals surface area contributed by atoms with E-state index in [2.05, 4.69) is 38.2 Å². The van der Waals surface area contributed by atoms with Crippen molar-refractivity contribution in [3.63, 3.8) is 0 Å². The molecule has 0 amide bonds. The molecule has 1 aliphatic rings. The summed E-state index contributed by atoms with van der Waals surface area (Å²) >= 11 is 0. The van der Waals surface area contributed by atoms with Gasteiger partial charge in [0.05, 0.1) is 6.61 Å². The number of aliphatic hydroxyl groups excluding tert-OH is 1. The Balaban J connectivity index is 2.47. The minimum Gasteiger partial charge on any atom is -0.394 e. The minimum atomic E-state index is -0.0963. The van der Waals surface area contributed by atoms with Crippen LogP contribution in [0.1, 0.15) is 33.1 Å². The Hall–Kier alpha value is -0.120. The van der Waals surface area contributed by atoms with Crippen molar-refractivity contribution in [1.29, 1.82) is 0 Å². The van der Waals surface area contributed by atoms with Gasteiger partial charge < -0.3 is 10.4 Å². The number of aliphatic hydroxyl groups is 1. The van der Waals surface area contributed by atoms with Crippen LogP contribution in [0.4, 0.5) is 0 Å². The predicted octanol–water partition coefficient (Wildman–Crippen LogP) is 1.08. The van der Waals surface area contributed by atoms with Crippen LogP contribution in [-0.4, -0.2) is 48.8 Å². The second kappa shape index (κ2) is 5.28. The molecule has 0 aromatic rings. The molecule has 1 aliphatic carbocycles. The van der Waals surface area contributed by atoms with Crippen molar-refractivity contribution in [2.45, 2.75) is 44.7 Å². The first-order valence-corrected chi connectivity index (χ1v) is 6.00. The monoisotopic (exact) mass is 214 g/mol. The third-order valence-corrected chi connectivity index (χ3v) is 3.96. The van der Waals surface area contributed by atoms with Gasteiger partial charge in [0, 0.05) is 18.1 Å². The number of nitrogens with one attached hydrogen (secondary N) is 1. The van der Waals surface area contributed by atoms with Crippen molar-refractivity contribution in [2.75, 3.05) is 27.2 Å². The van der Waals surface area contributed by atoms with Gasteiger partial charge in [0.25, 0.3) is 0 Å². The van der Waals surface area contributed by atoms with Gasteiger partial charge in [0.15, 0.2) is 0 Å². The first-order valence-electron chi connectivity index (χ1n) is 6.00. The van der Waals surface area contributed by atoms with Gasteiger partial charge in [-0.2, -0.15) is 0 Å². The zero-order valence-electron chi connectivity index (χ0n) is 10.6. The fourth-order valence-electron chi connectivity index (χ4n) is 2.36. The Morgan fingerprint density at radius 1 is 1.40 bits per heavy atom. The quantitative estimate of drug-likeness (QED) is 0.719. The molecule has 2 unspecified atom stereocenters. The van der Waals surface area contributed by atoms with E-state index in [9.17, 15) is 5.11 Å². The van der Waals surface area contributed by atoms with Crippen LogP contribution in [0.3, 0.4) is 0 Å². The number of hydrogen-bond acceptors (Lipinski definition) is 3. The lowest BCUT2D eigenvalue weighted by Crippen LogP contribution is -2.48. The van der Waals surface area contributed by atoms with Crippen LogP contribution >= 0.6 is 0 Å². The van der Waals surface area contributed by atoms with Crippen molar-refractivity contribution in [1.82, 2.24) is 10.2 Å². The van der Waals surface area contributed by atoms with E-state index in [1.54, 1.807) is 0 Å². The number of likely N-dealkylation sites (N-methyl/N-ethyl adjacent to an activating group) is 1. The summed E-state index contributed by atoms with van der Waals surface area (Å²) in [5.41, 5.74) is -0.0963. The van der Waals surface area contributed by atoms with Gasteiger partial charge in [-0.3, -0.25) is 4.90 Å². The largest absolute Gasteiger partial charge is 0.394 e. The second-order valence-corrected chi connectivity index (χ2v) is 5.44. The molecular weight excluding hydrogens is 188 g/mol. The Kier molecular flexibility index (Phi) is 4.56. The van der Waals surface area contributed by atoms with Crippen molar-refractivity contribution in [3.8, 4) is 0 Å². The molecule has 0 spiro atoms. The highest BCUT2D eigenvalue weighted by Gasteiger charge is 2.30.